The lowest BCUT2D eigenvalue weighted by molar-refractivity contribution is 0.967. The molecular weight excluding hydrogens is 190 g/mol. The molecule has 72 valence electrons. The molecule has 0 amide bonds. The first-order valence-electron chi connectivity index (χ1n) is 3.97. The van der Waals surface area contributed by atoms with Crippen molar-refractivity contribution >= 4 is 29.1 Å². The highest BCUT2D eigenvalue weighted by atomic mass is 35.5. The second kappa shape index (κ2) is 4.13. The van der Waals surface area contributed by atoms with Crippen LogP contribution in [0.2, 0.25) is 5.15 Å². The third-order valence-electron chi connectivity index (χ3n) is 1.46. The summed E-state index contributed by atoms with van der Waals surface area (Å²) in [6.45, 7) is 2.81. The molecule has 0 aliphatic rings. The number of nitrogens with two attached hydrogens (primary N) is 2. The van der Waals surface area contributed by atoms with Crippen molar-refractivity contribution < 1.29 is 0 Å². The molecule has 0 aliphatic heterocycles. The Morgan fingerprint density at radius 1 is 1.38 bits per heavy atom. The van der Waals surface area contributed by atoms with Gasteiger partial charge >= 0.3 is 0 Å². The van der Waals surface area contributed by atoms with E-state index in [4.69, 9.17) is 23.1 Å². The maximum Gasteiger partial charge on any atom is 0.223 e. The van der Waals surface area contributed by atoms with Gasteiger partial charge in [0.1, 0.15) is 5.69 Å². The molecule has 5 nitrogen and oxygen atoms in total. The Morgan fingerprint density at radius 2 is 2.08 bits per heavy atom. The van der Waals surface area contributed by atoms with Crippen LogP contribution in [0, 0.1) is 0 Å². The van der Waals surface area contributed by atoms with Crippen LogP contribution in [0.15, 0.2) is 0 Å². The van der Waals surface area contributed by atoms with Gasteiger partial charge in [0.15, 0.2) is 11.0 Å². The minimum Gasteiger partial charge on any atom is -0.393 e. The van der Waals surface area contributed by atoms with Crippen LogP contribution in [-0.2, 0) is 0 Å². The topological polar surface area (TPSA) is 89.8 Å². The average molecular weight is 202 g/mol. The van der Waals surface area contributed by atoms with Crippen molar-refractivity contribution in [1.82, 2.24) is 9.97 Å². The van der Waals surface area contributed by atoms with Gasteiger partial charge in [-0.15, -0.1) is 0 Å². The van der Waals surface area contributed by atoms with Gasteiger partial charge < -0.3 is 16.8 Å². The molecule has 13 heavy (non-hydrogen) atoms. The molecule has 1 aromatic heterocycles. The summed E-state index contributed by atoms with van der Waals surface area (Å²) in [5.41, 5.74) is 11.4. The Kier molecular flexibility index (Phi) is 3.13. The van der Waals surface area contributed by atoms with Gasteiger partial charge in [-0.25, -0.2) is 0 Å². The number of anilines is 3. The third-order valence-corrected chi connectivity index (χ3v) is 1.75. The predicted octanol–water partition coefficient (Wildman–Crippen LogP) is 1.12. The van der Waals surface area contributed by atoms with E-state index < -0.39 is 0 Å². The number of rotatable bonds is 3. The van der Waals surface area contributed by atoms with Crippen molar-refractivity contribution in [3.63, 3.8) is 0 Å². The number of nitrogens with zero attached hydrogens (tertiary/aromatic N) is 2. The summed E-state index contributed by atoms with van der Waals surface area (Å²) in [4.78, 5) is 7.63. The highest BCUT2D eigenvalue weighted by Gasteiger charge is 2.07. The zero-order valence-electron chi connectivity index (χ0n) is 7.34. The first-order valence-corrected chi connectivity index (χ1v) is 4.35. The fraction of sp³-hybridized carbons (Fsp3) is 0.429. The number of halogens is 1. The van der Waals surface area contributed by atoms with Gasteiger partial charge in [0.05, 0.1) is 0 Å². The molecule has 0 unspecified atom stereocenters. The molecule has 0 aliphatic carbocycles. The summed E-state index contributed by atoms with van der Waals surface area (Å²) < 4.78 is 0. The lowest BCUT2D eigenvalue weighted by atomic mass is 10.4. The highest BCUT2D eigenvalue weighted by Crippen LogP contribution is 2.23. The molecular formula is C7H12ClN5. The first kappa shape index (κ1) is 9.85. The lowest BCUT2D eigenvalue weighted by Crippen LogP contribution is -2.08. The van der Waals surface area contributed by atoms with Crippen molar-refractivity contribution in [2.75, 3.05) is 23.3 Å². The number of aromatic nitrogens is 2. The molecule has 1 aromatic rings. The SMILES string of the molecule is CCCNc1nc(N)nc(Cl)c1N. The molecule has 1 heterocycles. The van der Waals surface area contributed by atoms with E-state index >= 15 is 0 Å². The van der Waals surface area contributed by atoms with Gasteiger partial charge in [-0.05, 0) is 6.42 Å². The molecule has 1 rings (SSSR count). The highest BCUT2D eigenvalue weighted by molar-refractivity contribution is 6.32. The number of nitrogens with one attached hydrogen (secondary N) is 1. The van der Waals surface area contributed by atoms with Crippen molar-refractivity contribution in [3.05, 3.63) is 5.15 Å². The van der Waals surface area contributed by atoms with E-state index in [0.717, 1.165) is 13.0 Å². The predicted molar refractivity (Wildman–Crippen MR) is 54.6 cm³/mol. The maximum absolute atomic E-state index is 5.70. The van der Waals surface area contributed by atoms with Gasteiger partial charge in [-0.2, -0.15) is 9.97 Å². The van der Waals surface area contributed by atoms with E-state index in [-0.39, 0.29) is 11.1 Å². The summed E-state index contributed by atoms with van der Waals surface area (Å²) in [6, 6.07) is 0. The zero-order valence-corrected chi connectivity index (χ0v) is 8.10. The normalized spacial score (nSPS) is 10.0. The van der Waals surface area contributed by atoms with E-state index in [1.165, 1.54) is 0 Å². The number of hydrogen-bond donors (Lipinski definition) is 3. The first-order chi connectivity index (χ1) is 6.15. The Balaban J connectivity index is 2.92. The van der Waals surface area contributed by atoms with Crippen LogP contribution >= 0.6 is 11.6 Å². The van der Waals surface area contributed by atoms with E-state index in [1.54, 1.807) is 0 Å². The number of hydrogen-bond acceptors (Lipinski definition) is 5. The molecule has 0 spiro atoms. The molecule has 0 aromatic carbocycles. The second-order valence-corrected chi connectivity index (χ2v) is 2.92. The van der Waals surface area contributed by atoms with Crippen LogP contribution in [0.4, 0.5) is 17.5 Å². The summed E-state index contributed by atoms with van der Waals surface area (Å²) in [6.07, 6.45) is 0.973. The lowest BCUT2D eigenvalue weighted by Gasteiger charge is -2.08. The molecule has 0 atom stereocenters. The Labute approximate surface area is 81.5 Å². The monoisotopic (exact) mass is 201 g/mol. The minimum absolute atomic E-state index is 0.123. The van der Waals surface area contributed by atoms with Crippen molar-refractivity contribution in [2.45, 2.75) is 13.3 Å². The van der Waals surface area contributed by atoms with Crippen LogP contribution in [0.5, 0.6) is 0 Å². The van der Waals surface area contributed by atoms with Gasteiger partial charge in [-0.3, -0.25) is 0 Å². The van der Waals surface area contributed by atoms with Crippen molar-refractivity contribution in [1.29, 1.82) is 0 Å². The smallest absolute Gasteiger partial charge is 0.223 e. The molecule has 0 bridgehead atoms. The fourth-order valence-corrected chi connectivity index (χ4v) is 1.01. The summed E-state index contributed by atoms with van der Waals surface area (Å²) >= 11 is 5.70. The van der Waals surface area contributed by atoms with Gasteiger partial charge in [-0.1, -0.05) is 18.5 Å². The van der Waals surface area contributed by atoms with Crippen LogP contribution in [-0.4, -0.2) is 16.5 Å². The molecule has 0 saturated heterocycles. The second-order valence-electron chi connectivity index (χ2n) is 2.56. The Morgan fingerprint density at radius 3 is 2.69 bits per heavy atom. The largest absolute Gasteiger partial charge is 0.393 e. The Hall–Kier alpha value is -1.23. The summed E-state index contributed by atoms with van der Waals surface area (Å²) in [5, 5.41) is 3.19. The quantitative estimate of drug-likeness (QED) is 0.638. The third kappa shape index (κ3) is 2.35. The van der Waals surface area contributed by atoms with E-state index in [1.807, 2.05) is 6.92 Å². The van der Waals surface area contributed by atoms with Crippen molar-refractivity contribution in [2.24, 2.45) is 0 Å². The minimum atomic E-state index is 0.123. The molecule has 0 saturated carbocycles. The standard InChI is InChI=1S/C7H12ClN5/c1-2-3-11-6-4(9)5(8)12-7(10)13-6/h2-3,9H2,1H3,(H3,10,11,12,13). The summed E-state index contributed by atoms with van der Waals surface area (Å²) in [5.74, 6) is 0.622. The van der Waals surface area contributed by atoms with Gasteiger partial charge in [0, 0.05) is 6.54 Å². The molecule has 0 radical (unpaired) electrons. The van der Waals surface area contributed by atoms with E-state index in [9.17, 15) is 0 Å². The molecule has 0 fully saturated rings. The molecule has 6 heteroatoms. The van der Waals surface area contributed by atoms with Crippen LogP contribution < -0.4 is 16.8 Å². The van der Waals surface area contributed by atoms with E-state index in [2.05, 4.69) is 15.3 Å². The van der Waals surface area contributed by atoms with Gasteiger partial charge in [0.2, 0.25) is 5.95 Å². The summed E-state index contributed by atoms with van der Waals surface area (Å²) in [7, 11) is 0. The van der Waals surface area contributed by atoms with E-state index in [0.29, 0.717) is 11.5 Å². The van der Waals surface area contributed by atoms with Crippen LogP contribution in [0.25, 0.3) is 0 Å². The Bertz CT molecular complexity index is 301. The molecule has 5 N–H and O–H groups in total. The average Bonchev–Trinajstić information content (AvgIpc) is 2.09. The van der Waals surface area contributed by atoms with Crippen molar-refractivity contribution in [3.8, 4) is 0 Å². The fourth-order valence-electron chi connectivity index (χ4n) is 0.836. The zero-order chi connectivity index (χ0) is 9.84. The van der Waals surface area contributed by atoms with Gasteiger partial charge in [0.25, 0.3) is 0 Å². The van der Waals surface area contributed by atoms with Crippen LogP contribution in [0.1, 0.15) is 13.3 Å². The maximum atomic E-state index is 5.70. The van der Waals surface area contributed by atoms with Crippen LogP contribution in [0.3, 0.4) is 0 Å². The number of nitrogen functional groups attached to an aromatic ring is 2.